The molecule has 5 heteroatoms. The summed E-state index contributed by atoms with van der Waals surface area (Å²) in [5, 5.41) is 9.31. The predicted molar refractivity (Wildman–Crippen MR) is 60.5 cm³/mol. The van der Waals surface area contributed by atoms with Gasteiger partial charge in [-0.3, -0.25) is 14.2 Å². The van der Waals surface area contributed by atoms with E-state index in [2.05, 4.69) is 4.98 Å². The van der Waals surface area contributed by atoms with Gasteiger partial charge in [0.25, 0.3) is 0 Å². The number of nitrogens with one attached hydrogen (secondary N) is 1. The number of benzene rings is 1. The van der Waals surface area contributed by atoms with Gasteiger partial charge in [0.2, 0.25) is 0 Å². The normalized spacial score (nSPS) is 12.9. The zero-order chi connectivity index (χ0) is 11.7. The third kappa shape index (κ3) is 1.77. The van der Waals surface area contributed by atoms with Crippen LogP contribution in [0.3, 0.4) is 0 Å². The molecule has 1 aromatic heterocycles. The smallest absolute Gasteiger partial charge is 0.316 e. The molecule has 1 heterocycles. The lowest BCUT2D eigenvalue weighted by molar-refractivity contribution is 0.173. The van der Waals surface area contributed by atoms with Gasteiger partial charge in [0.1, 0.15) is 0 Å². The van der Waals surface area contributed by atoms with Crippen molar-refractivity contribution < 1.29 is 5.11 Å². The van der Waals surface area contributed by atoms with Crippen molar-refractivity contribution in [1.29, 1.82) is 0 Å². The highest BCUT2D eigenvalue weighted by Crippen LogP contribution is 2.07. The number of rotatable bonds is 2. The van der Waals surface area contributed by atoms with Gasteiger partial charge in [0.05, 0.1) is 23.7 Å². The minimum Gasteiger partial charge on any atom is -0.392 e. The molecule has 0 spiro atoms. The van der Waals surface area contributed by atoms with Crippen molar-refractivity contribution >= 4 is 11.0 Å². The highest BCUT2D eigenvalue weighted by molar-refractivity contribution is 5.74. The van der Waals surface area contributed by atoms with E-state index in [0.29, 0.717) is 11.0 Å². The Morgan fingerprint density at radius 3 is 2.75 bits per heavy atom. The molecule has 0 unspecified atom stereocenters. The highest BCUT2D eigenvalue weighted by atomic mass is 16.3. The zero-order valence-corrected chi connectivity index (χ0v) is 8.80. The fraction of sp³-hybridized carbons (Fsp3) is 0.273. The summed E-state index contributed by atoms with van der Waals surface area (Å²) in [7, 11) is 0. The van der Waals surface area contributed by atoms with Crippen molar-refractivity contribution in [2.24, 2.45) is 0 Å². The van der Waals surface area contributed by atoms with E-state index >= 15 is 0 Å². The highest BCUT2D eigenvalue weighted by Gasteiger charge is 2.08. The van der Waals surface area contributed by atoms with Crippen LogP contribution in [0.2, 0.25) is 0 Å². The number of nitrogens with zero attached hydrogens (tertiary/aromatic N) is 1. The molecule has 0 radical (unpaired) electrons. The van der Waals surface area contributed by atoms with Crippen LogP contribution in [0.4, 0.5) is 0 Å². The standard InChI is InChI=1S/C11H12N2O3/c1-7(14)6-13-9-5-3-2-4-8(9)12-10(15)11(13)16/h2-5,7,14H,6H2,1H3,(H,12,15)/t7-/m0/s1. The van der Waals surface area contributed by atoms with Gasteiger partial charge in [-0.05, 0) is 19.1 Å². The summed E-state index contributed by atoms with van der Waals surface area (Å²) in [5.74, 6) is 0. The van der Waals surface area contributed by atoms with Gasteiger partial charge in [-0.15, -0.1) is 0 Å². The first-order valence-electron chi connectivity index (χ1n) is 4.99. The van der Waals surface area contributed by atoms with Crippen LogP contribution in [-0.2, 0) is 6.54 Å². The number of aliphatic hydroxyl groups excluding tert-OH is 1. The van der Waals surface area contributed by atoms with Gasteiger partial charge in [-0.25, -0.2) is 0 Å². The molecule has 0 aliphatic rings. The van der Waals surface area contributed by atoms with Crippen LogP contribution in [0.5, 0.6) is 0 Å². The summed E-state index contributed by atoms with van der Waals surface area (Å²) >= 11 is 0. The predicted octanol–water partition coefficient (Wildman–Crippen LogP) is 0.0706. The molecule has 2 N–H and O–H groups in total. The van der Waals surface area contributed by atoms with Crippen molar-refractivity contribution in [2.75, 3.05) is 0 Å². The molecular weight excluding hydrogens is 208 g/mol. The third-order valence-corrected chi connectivity index (χ3v) is 2.33. The Morgan fingerprint density at radius 2 is 2.06 bits per heavy atom. The molecule has 0 saturated heterocycles. The number of H-pyrrole nitrogens is 1. The van der Waals surface area contributed by atoms with Crippen LogP contribution in [0.25, 0.3) is 11.0 Å². The topological polar surface area (TPSA) is 75.1 Å². The largest absolute Gasteiger partial charge is 0.392 e. The van der Waals surface area contributed by atoms with Crippen molar-refractivity contribution in [3.05, 3.63) is 45.0 Å². The molecule has 0 fully saturated rings. The van der Waals surface area contributed by atoms with Crippen LogP contribution < -0.4 is 11.1 Å². The van der Waals surface area contributed by atoms with Gasteiger partial charge in [0, 0.05) is 0 Å². The van der Waals surface area contributed by atoms with Crippen molar-refractivity contribution in [3.63, 3.8) is 0 Å². The summed E-state index contributed by atoms with van der Waals surface area (Å²) in [6.07, 6.45) is -0.678. The van der Waals surface area contributed by atoms with Gasteiger partial charge in [-0.1, -0.05) is 12.1 Å². The molecule has 0 aliphatic carbocycles. The lowest BCUT2D eigenvalue weighted by Gasteiger charge is -2.10. The van der Waals surface area contributed by atoms with Crippen LogP contribution in [-0.4, -0.2) is 20.8 Å². The van der Waals surface area contributed by atoms with Crippen LogP contribution in [0.1, 0.15) is 6.92 Å². The molecule has 2 aromatic rings. The molecule has 0 aliphatic heterocycles. The molecular formula is C11H12N2O3. The van der Waals surface area contributed by atoms with E-state index in [-0.39, 0.29) is 6.54 Å². The average molecular weight is 220 g/mol. The molecule has 0 bridgehead atoms. The quantitative estimate of drug-likeness (QED) is 0.703. The number of hydrogen-bond acceptors (Lipinski definition) is 3. The van der Waals surface area contributed by atoms with Gasteiger partial charge in [-0.2, -0.15) is 0 Å². The maximum Gasteiger partial charge on any atom is 0.316 e. The Labute approximate surface area is 91.0 Å². The fourth-order valence-electron chi connectivity index (χ4n) is 1.67. The molecule has 84 valence electrons. The zero-order valence-electron chi connectivity index (χ0n) is 8.80. The number of aliphatic hydroxyl groups is 1. The number of para-hydroxylation sites is 2. The molecule has 0 amide bonds. The second-order valence-corrected chi connectivity index (χ2v) is 3.74. The van der Waals surface area contributed by atoms with Crippen LogP contribution in [0, 0.1) is 0 Å². The first kappa shape index (κ1) is 10.6. The van der Waals surface area contributed by atoms with Crippen molar-refractivity contribution in [3.8, 4) is 0 Å². The van der Waals surface area contributed by atoms with Gasteiger partial charge >= 0.3 is 11.1 Å². The molecule has 16 heavy (non-hydrogen) atoms. The van der Waals surface area contributed by atoms with Crippen LogP contribution in [0.15, 0.2) is 33.9 Å². The third-order valence-electron chi connectivity index (χ3n) is 2.33. The maximum atomic E-state index is 11.6. The Balaban J connectivity index is 2.82. The SMILES string of the molecule is C[C@H](O)Cn1c(=O)c(=O)[nH]c2ccccc21. The van der Waals surface area contributed by atoms with Crippen molar-refractivity contribution in [1.82, 2.24) is 9.55 Å². The second kappa shape index (κ2) is 3.94. The lowest BCUT2D eigenvalue weighted by atomic mass is 10.3. The molecule has 1 aromatic carbocycles. The molecule has 2 rings (SSSR count). The van der Waals surface area contributed by atoms with E-state index in [4.69, 9.17) is 0 Å². The van der Waals surface area contributed by atoms with E-state index in [9.17, 15) is 14.7 Å². The average Bonchev–Trinajstić information content (AvgIpc) is 2.24. The molecule has 0 saturated carbocycles. The Kier molecular flexibility index (Phi) is 2.62. The minimum atomic E-state index is -0.678. The second-order valence-electron chi connectivity index (χ2n) is 3.74. The van der Waals surface area contributed by atoms with E-state index in [1.807, 2.05) is 0 Å². The number of fused-ring (bicyclic) bond motifs is 1. The lowest BCUT2D eigenvalue weighted by Crippen LogP contribution is -2.38. The van der Waals surface area contributed by atoms with Crippen LogP contribution >= 0.6 is 0 Å². The number of aromatic nitrogens is 2. The van der Waals surface area contributed by atoms with Gasteiger partial charge < -0.3 is 10.1 Å². The van der Waals surface area contributed by atoms with Crippen molar-refractivity contribution in [2.45, 2.75) is 19.6 Å². The first-order chi connectivity index (χ1) is 7.59. The van der Waals surface area contributed by atoms with E-state index in [1.54, 1.807) is 31.2 Å². The fourth-order valence-corrected chi connectivity index (χ4v) is 1.67. The number of aromatic amines is 1. The summed E-state index contributed by atoms with van der Waals surface area (Å²) in [4.78, 5) is 25.5. The summed E-state index contributed by atoms with van der Waals surface area (Å²) in [6, 6.07) is 7.00. The van der Waals surface area contributed by atoms with E-state index in [0.717, 1.165) is 0 Å². The summed E-state index contributed by atoms with van der Waals surface area (Å²) < 4.78 is 1.29. The molecule has 5 nitrogen and oxygen atoms in total. The van der Waals surface area contributed by atoms with E-state index in [1.165, 1.54) is 4.57 Å². The minimum absolute atomic E-state index is 0.114. The number of hydrogen-bond donors (Lipinski definition) is 2. The Hall–Kier alpha value is -1.88. The monoisotopic (exact) mass is 220 g/mol. The summed E-state index contributed by atoms with van der Waals surface area (Å²) in [5.41, 5.74) is -0.0975. The summed E-state index contributed by atoms with van der Waals surface area (Å²) in [6.45, 7) is 1.69. The first-order valence-corrected chi connectivity index (χ1v) is 4.99. The maximum absolute atomic E-state index is 11.6. The van der Waals surface area contributed by atoms with E-state index < -0.39 is 17.2 Å². The molecule has 1 atom stereocenters. The van der Waals surface area contributed by atoms with Gasteiger partial charge in [0.15, 0.2) is 0 Å². The Morgan fingerprint density at radius 1 is 1.38 bits per heavy atom. The Bertz CT molecular complexity index is 625.